The van der Waals surface area contributed by atoms with Gasteiger partial charge in [-0.1, -0.05) is 11.6 Å². The Bertz CT molecular complexity index is 974. The summed E-state index contributed by atoms with van der Waals surface area (Å²) in [7, 11) is 0. The minimum atomic E-state index is -0.424. The number of nitro groups is 1. The number of nitro benzene ring substituents is 1. The van der Waals surface area contributed by atoms with Crippen molar-refractivity contribution >= 4 is 34.0 Å². The fraction of sp³-hybridized carbons (Fsp3) is 0.118. The van der Waals surface area contributed by atoms with Crippen molar-refractivity contribution in [3.8, 4) is 11.3 Å². The van der Waals surface area contributed by atoms with Gasteiger partial charge in [0.05, 0.1) is 15.5 Å². The van der Waals surface area contributed by atoms with Gasteiger partial charge >= 0.3 is 0 Å². The molecule has 0 spiro atoms. The molecule has 0 amide bonds. The topological polar surface area (TPSA) is 76.0 Å². The van der Waals surface area contributed by atoms with Gasteiger partial charge in [0, 0.05) is 35.2 Å². The van der Waals surface area contributed by atoms with E-state index in [4.69, 9.17) is 11.6 Å². The van der Waals surface area contributed by atoms with E-state index in [9.17, 15) is 14.9 Å². The van der Waals surface area contributed by atoms with E-state index in [1.807, 2.05) is 0 Å². The number of nitrogens with one attached hydrogen (secondary N) is 1. The molecule has 114 valence electrons. The van der Waals surface area contributed by atoms with Crippen LogP contribution in [0.1, 0.15) is 22.3 Å². The monoisotopic (exact) mass is 326 g/mol. The first-order chi connectivity index (χ1) is 11.1. The summed E-state index contributed by atoms with van der Waals surface area (Å²) in [5, 5.41) is 12.2. The number of hydrogen-bond donors (Lipinski definition) is 1. The maximum Gasteiger partial charge on any atom is 0.269 e. The van der Waals surface area contributed by atoms with Crippen LogP contribution in [-0.4, -0.2) is 15.7 Å². The molecule has 1 aromatic heterocycles. The van der Waals surface area contributed by atoms with Crippen LogP contribution < -0.4 is 0 Å². The number of carbonyl (C=O) groups excluding carboxylic acids is 1. The van der Waals surface area contributed by atoms with E-state index in [1.165, 1.54) is 12.1 Å². The minimum Gasteiger partial charge on any atom is -0.353 e. The second-order valence-electron chi connectivity index (χ2n) is 5.55. The van der Waals surface area contributed by atoms with E-state index in [0.717, 1.165) is 27.7 Å². The number of aromatic amines is 1. The molecule has 0 radical (unpaired) electrons. The predicted octanol–water partition coefficient (Wildman–Crippen LogP) is 4.53. The first kappa shape index (κ1) is 14.0. The molecule has 2 aromatic carbocycles. The molecule has 0 aliphatic heterocycles. The second kappa shape index (κ2) is 4.93. The molecule has 23 heavy (non-hydrogen) atoms. The molecule has 0 unspecified atom stereocenters. The Hall–Kier alpha value is -2.66. The number of halogens is 1. The highest BCUT2D eigenvalue weighted by atomic mass is 35.5. The summed E-state index contributed by atoms with van der Waals surface area (Å²) in [5.41, 5.74) is 4.25. The van der Waals surface area contributed by atoms with Crippen LogP contribution in [-0.2, 0) is 6.42 Å². The zero-order valence-corrected chi connectivity index (χ0v) is 12.7. The summed E-state index contributed by atoms with van der Waals surface area (Å²) in [5.74, 6) is 0.119. The van der Waals surface area contributed by atoms with Crippen molar-refractivity contribution in [3.05, 3.63) is 62.7 Å². The molecule has 3 aromatic rings. The molecule has 5 nitrogen and oxygen atoms in total. The van der Waals surface area contributed by atoms with E-state index in [0.29, 0.717) is 23.4 Å². The average molecular weight is 327 g/mol. The van der Waals surface area contributed by atoms with Crippen LogP contribution >= 0.6 is 11.6 Å². The molecule has 0 saturated carbocycles. The molecule has 4 rings (SSSR count). The number of Topliss-reactive ketones (excluding diaryl/α,β-unsaturated/α-hetero) is 1. The molecule has 1 aliphatic rings. The average Bonchev–Trinajstić information content (AvgIpc) is 2.94. The summed E-state index contributed by atoms with van der Waals surface area (Å²) in [6.07, 6.45) is 1.10. The number of benzene rings is 2. The first-order valence-electron chi connectivity index (χ1n) is 7.17. The fourth-order valence-corrected chi connectivity index (χ4v) is 3.39. The van der Waals surface area contributed by atoms with E-state index in [-0.39, 0.29) is 11.5 Å². The van der Waals surface area contributed by atoms with E-state index in [1.54, 1.807) is 24.3 Å². The molecular formula is C17H11ClN2O3. The van der Waals surface area contributed by atoms with Gasteiger partial charge in [0.1, 0.15) is 0 Å². The lowest BCUT2D eigenvalue weighted by Crippen LogP contribution is -2.08. The number of nitrogens with zero attached hydrogens (tertiary/aromatic N) is 1. The third-order valence-corrected chi connectivity index (χ3v) is 4.59. The van der Waals surface area contributed by atoms with E-state index < -0.39 is 4.92 Å². The van der Waals surface area contributed by atoms with Crippen molar-refractivity contribution in [2.45, 2.75) is 12.8 Å². The van der Waals surface area contributed by atoms with Gasteiger partial charge < -0.3 is 4.98 Å². The lowest BCUT2D eigenvalue weighted by molar-refractivity contribution is -0.384. The van der Waals surface area contributed by atoms with Crippen molar-refractivity contribution in [1.29, 1.82) is 0 Å². The van der Waals surface area contributed by atoms with Crippen LogP contribution in [0.4, 0.5) is 5.69 Å². The maximum atomic E-state index is 12.1. The Kier molecular flexibility index (Phi) is 2.99. The number of aryl methyl sites for hydroxylation is 1. The van der Waals surface area contributed by atoms with Gasteiger partial charge in [-0.25, -0.2) is 0 Å². The largest absolute Gasteiger partial charge is 0.353 e. The SMILES string of the molecule is O=C1CCc2c(-c3ccc([N+](=O)[O-])cc3)[nH]c3c(Cl)ccc1c23. The molecule has 0 bridgehead atoms. The molecular weight excluding hydrogens is 316 g/mol. The highest BCUT2D eigenvalue weighted by Crippen LogP contribution is 2.39. The second-order valence-corrected chi connectivity index (χ2v) is 5.96. The van der Waals surface area contributed by atoms with Gasteiger partial charge in [0.2, 0.25) is 0 Å². The van der Waals surface area contributed by atoms with Crippen LogP contribution in [0.15, 0.2) is 36.4 Å². The normalized spacial score (nSPS) is 13.5. The smallest absolute Gasteiger partial charge is 0.269 e. The highest BCUT2D eigenvalue weighted by Gasteiger charge is 2.25. The van der Waals surface area contributed by atoms with E-state index in [2.05, 4.69) is 4.98 Å². The van der Waals surface area contributed by atoms with Gasteiger partial charge in [0.15, 0.2) is 5.78 Å². The number of H-pyrrole nitrogens is 1. The predicted molar refractivity (Wildman–Crippen MR) is 88.1 cm³/mol. The van der Waals surface area contributed by atoms with Crippen LogP contribution in [0.2, 0.25) is 5.02 Å². The van der Waals surface area contributed by atoms with Crippen LogP contribution in [0, 0.1) is 10.1 Å². The standard InChI is InChI=1S/C17H11ClN2O3/c18-13-7-5-11-14(21)8-6-12-15(11)17(13)19-16(12)9-1-3-10(4-2-9)20(22)23/h1-5,7,19H,6,8H2. The van der Waals surface area contributed by atoms with Crippen LogP contribution in [0.3, 0.4) is 0 Å². The third kappa shape index (κ3) is 2.04. The lowest BCUT2D eigenvalue weighted by atomic mass is 9.89. The Morgan fingerprint density at radius 3 is 2.52 bits per heavy atom. The third-order valence-electron chi connectivity index (χ3n) is 4.28. The van der Waals surface area contributed by atoms with Crippen LogP contribution in [0.5, 0.6) is 0 Å². The molecule has 0 fully saturated rings. The summed E-state index contributed by atoms with van der Waals surface area (Å²) in [6, 6.07) is 9.87. The Balaban J connectivity index is 1.97. The van der Waals surface area contributed by atoms with Gasteiger partial charge in [-0.3, -0.25) is 14.9 Å². The zero-order chi connectivity index (χ0) is 16.1. The van der Waals surface area contributed by atoms with Crippen molar-refractivity contribution in [2.24, 2.45) is 0 Å². The number of ketones is 1. The Morgan fingerprint density at radius 2 is 1.83 bits per heavy atom. The Labute approximate surface area is 136 Å². The van der Waals surface area contributed by atoms with Gasteiger partial charge in [0.25, 0.3) is 5.69 Å². The fourth-order valence-electron chi connectivity index (χ4n) is 3.19. The van der Waals surface area contributed by atoms with Crippen LogP contribution in [0.25, 0.3) is 22.2 Å². The number of aromatic nitrogens is 1. The minimum absolute atomic E-state index is 0.0485. The number of rotatable bonds is 2. The zero-order valence-electron chi connectivity index (χ0n) is 11.9. The summed E-state index contributed by atoms with van der Waals surface area (Å²) in [4.78, 5) is 25.8. The quantitative estimate of drug-likeness (QED) is 0.555. The van der Waals surface area contributed by atoms with E-state index >= 15 is 0 Å². The molecule has 1 heterocycles. The van der Waals surface area contributed by atoms with Crippen molar-refractivity contribution in [1.82, 2.24) is 4.98 Å². The lowest BCUT2D eigenvalue weighted by Gasteiger charge is -2.13. The van der Waals surface area contributed by atoms with Gasteiger partial charge in [-0.05, 0) is 41.8 Å². The molecule has 0 atom stereocenters. The molecule has 1 aliphatic carbocycles. The van der Waals surface area contributed by atoms with Gasteiger partial charge in [-0.15, -0.1) is 0 Å². The summed E-state index contributed by atoms with van der Waals surface area (Å²) < 4.78 is 0. The highest BCUT2D eigenvalue weighted by molar-refractivity contribution is 6.36. The van der Waals surface area contributed by atoms with Crippen molar-refractivity contribution in [3.63, 3.8) is 0 Å². The number of non-ortho nitro benzene ring substituents is 1. The Morgan fingerprint density at radius 1 is 1.09 bits per heavy atom. The molecule has 6 heteroatoms. The summed E-state index contributed by atoms with van der Waals surface area (Å²) >= 11 is 6.27. The van der Waals surface area contributed by atoms with Crippen molar-refractivity contribution < 1.29 is 9.72 Å². The number of carbonyl (C=O) groups is 1. The van der Waals surface area contributed by atoms with Crippen molar-refractivity contribution in [2.75, 3.05) is 0 Å². The summed E-state index contributed by atoms with van der Waals surface area (Å²) in [6.45, 7) is 0. The van der Waals surface area contributed by atoms with Gasteiger partial charge in [-0.2, -0.15) is 0 Å². The molecule has 0 saturated heterocycles. The number of hydrogen-bond acceptors (Lipinski definition) is 3. The maximum absolute atomic E-state index is 12.1. The first-order valence-corrected chi connectivity index (χ1v) is 7.55. The molecule has 1 N–H and O–H groups in total.